The quantitative estimate of drug-likeness (QED) is 0.864. The zero-order valence-corrected chi connectivity index (χ0v) is 14.8. The number of carbonyl (C=O) groups excluding carboxylic acids is 1. The molecule has 2 heterocycles. The summed E-state index contributed by atoms with van der Waals surface area (Å²) in [6, 6.07) is 9.93. The van der Waals surface area contributed by atoms with Crippen LogP contribution >= 0.6 is 11.3 Å². The SMILES string of the molecule is O=C(c1cccs1)N1CC[C@]2(O)CCCC[C@@H]2[C@H]1c1ccc(F)cc1. The van der Waals surface area contributed by atoms with Crippen LogP contribution in [-0.2, 0) is 0 Å². The summed E-state index contributed by atoms with van der Waals surface area (Å²) in [5.74, 6) is -0.268. The van der Waals surface area contributed by atoms with Crippen LogP contribution in [0.1, 0.15) is 53.4 Å². The molecule has 0 spiro atoms. The maximum Gasteiger partial charge on any atom is 0.264 e. The standard InChI is InChI=1S/C20H22FNO2S/c21-15-8-6-14(7-9-15)18-16-4-1-2-10-20(16,24)11-12-22(18)19(23)17-5-3-13-25-17/h3,5-9,13,16,18,24H,1-2,4,10-12H2/t16-,18-,20-/m1/s1. The fourth-order valence-corrected chi connectivity index (χ4v) is 5.20. The predicted molar refractivity (Wildman–Crippen MR) is 96.0 cm³/mol. The van der Waals surface area contributed by atoms with E-state index in [4.69, 9.17) is 0 Å². The average Bonchev–Trinajstić information content (AvgIpc) is 3.15. The van der Waals surface area contributed by atoms with E-state index < -0.39 is 5.60 Å². The molecule has 0 unspecified atom stereocenters. The Labute approximate surface area is 151 Å². The number of amides is 1. The summed E-state index contributed by atoms with van der Waals surface area (Å²) >= 11 is 1.44. The number of hydrogen-bond acceptors (Lipinski definition) is 3. The van der Waals surface area contributed by atoms with Crippen molar-refractivity contribution in [1.29, 1.82) is 0 Å². The minimum atomic E-state index is -0.719. The van der Waals surface area contributed by atoms with Gasteiger partial charge in [0.25, 0.3) is 5.91 Å². The van der Waals surface area contributed by atoms with E-state index >= 15 is 0 Å². The molecule has 1 saturated heterocycles. The lowest BCUT2D eigenvalue weighted by Gasteiger charge is -2.52. The molecule has 1 N–H and O–H groups in total. The van der Waals surface area contributed by atoms with Gasteiger partial charge in [0.2, 0.25) is 0 Å². The summed E-state index contributed by atoms with van der Waals surface area (Å²) in [7, 11) is 0. The smallest absolute Gasteiger partial charge is 0.264 e. The molecule has 1 aliphatic carbocycles. The molecular weight excluding hydrogens is 337 g/mol. The number of likely N-dealkylation sites (tertiary alicyclic amines) is 1. The minimum Gasteiger partial charge on any atom is -0.389 e. The number of halogens is 1. The molecule has 0 bridgehead atoms. The van der Waals surface area contributed by atoms with E-state index in [1.807, 2.05) is 22.4 Å². The summed E-state index contributed by atoms with van der Waals surface area (Å²) in [4.78, 5) is 15.7. The predicted octanol–water partition coefficient (Wildman–Crippen LogP) is 4.40. The molecule has 5 heteroatoms. The highest BCUT2D eigenvalue weighted by atomic mass is 32.1. The van der Waals surface area contributed by atoms with Gasteiger partial charge in [-0.15, -0.1) is 11.3 Å². The van der Waals surface area contributed by atoms with Crippen LogP contribution in [0.5, 0.6) is 0 Å². The first-order chi connectivity index (χ1) is 12.1. The molecule has 2 aliphatic rings. The normalized spacial score (nSPS) is 29.3. The maximum atomic E-state index is 13.4. The Hall–Kier alpha value is -1.72. The second-order valence-electron chi connectivity index (χ2n) is 7.18. The van der Waals surface area contributed by atoms with Gasteiger partial charge in [-0.1, -0.05) is 31.0 Å². The van der Waals surface area contributed by atoms with Gasteiger partial charge in [-0.2, -0.15) is 0 Å². The number of hydrogen-bond donors (Lipinski definition) is 1. The lowest BCUT2D eigenvalue weighted by atomic mass is 9.66. The number of carbonyl (C=O) groups is 1. The van der Waals surface area contributed by atoms with Crippen LogP contribution in [0.15, 0.2) is 41.8 Å². The Balaban J connectivity index is 1.74. The molecule has 0 radical (unpaired) electrons. The highest BCUT2D eigenvalue weighted by molar-refractivity contribution is 7.12. The van der Waals surface area contributed by atoms with Crippen LogP contribution in [0.3, 0.4) is 0 Å². The molecule has 1 aromatic carbocycles. The third kappa shape index (κ3) is 3.00. The van der Waals surface area contributed by atoms with E-state index in [2.05, 4.69) is 0 Å². The second kappa shape index (κ2) is 6.54. The Bertz CT molecular complexity index is 746. The number of fused-ring (bicyclic) bond motifs is 1. The number of benzene rings is 1. The summed E-state index contributed by atoms with van der Waals surface area (Å²) in [5, 5.41) is 13.1. The topological polar surface area (TPSA) is 40.5 Å². The molecule has 4 rings (SSSR count). The highest BCUT2D eigenvalue weighted by Gasteiger charge is 2.50. The third-order valence-corrected chi connectivity index (χ3v) is 6.63. The molecule has 1 saturated carbocycles. The molecule has 3 nitrogen and oxygen atoms in total. The number of piperidine rings is 1. The fraction of sp³-hybridized carbons (Fsp3) is 0.450. The van der Waals surface area contributed by atoms with E-state index in [1.165, 1.54) is 23.5 Å². The molecule has 1 amide bonds. The van der Waals surface area contributed by atoms with Gasteiger partial charge in [-0.3, -0.25) is 4.79 Å². The first-order valence-corrected chi connectivity index (χ1v) is 9.79. The van der Waals surface area contributed by atoms with Gasteiger partial charge in [-0.25, -0.2) is 4.39 Å². The van der Waals surface area contributed by atoms with Crippen molar-refractivity contribution in [2.75, 3.05) is 6.54 Å². The van der Waals surface area contributed by atoms with Gasteiger partial charge in [0.1, 0.15) is 5.82 Å². The van der Waals surface area contributed by atoms with Gasteiger partial charge in [-0.05, 0) is 48.4 Å². The fourth-order valence-electron chi connectivity index (χ4n) is 4.52. The summed E-state index contributed by atoms with van der Waals surface area (Å²) in [6.45, 7) is 0.534. The molecule has 1 aromatic heterocycles. The summed E-state index contributed by atoms with van der Waals surface area (Å²) in [6.07, 6.45) is 4.39. The van der Waals surface area contributed by atoms with Crippen molar-refractivity contribution in [2.24, 2.45) is 5.92 Å². The van der Waals surface area contributed by atoms with Gasteiger partial charge >= 0.3 is 0 Å². The number of thiophene rings is 1. The van der Waals surface area contributed by atoms with Crippen LogP contribution in [0.2, 0.25) is 0 Å². The summed E-state index contributed by atoms with van der Waals surface area (Å²) < 4.78 is 13.4. The maximum absolute atomic E-state index is 13.4. The number of nitrogens with zero attached hydrogens (tertiary/aromatic N) is 1. The molecule has 3 atom stereocenters. The van der Waals surface area contributed by atoms with Crippen LogP contribution in [-0.4, -0.2) is 28.1 Å². The molecular formula is C20H22FNO2S. The Morgan fingerprint density at radius 3 is 2.72 bits per heavy atom. The monoisotopic (exact) mass is 359 g/mol. The minimum absolute atomic E-state index is 0.00405. The van der Waals surface area contributed by atoms with Gasteiger partial charge in [0.15, 0.2) is 0 Å². The molecule has 2 aromatic rings. The van der Waals surface area contributed by atoms with Crippen LogP contribution in [0.25, 0.3) is 0 Å². The zero-order valence-electron chi connectivity index (χ0n) is 14.0. The van der Waals surface area contributed by atoms with Crippen molar-refractivity contribution in [3.63, 3.8) is 0 Å². The Morgan fingerprint density at radius 1 is 1.20 bits per heavy atom. The average molecular weight is 359 g/mol. The molecule has 2 fully saturated rings. The van der Waals surface area contributed by atoms with Crippen molar-refractivity contribution >= 4 is 17.2 Å². The number of aliphatic hydroxyl groups is 1. The van der Waals surface area contributed by atoms with Crippen molar-refractivity contribution in [3.05, 3.63) is 58.0 Å². The van der Waals surface area contributed by atoms with Gasteiger partial charge in [0.05, 0.1) is 16.5 Å². The van der Waals surface area contributed by atoms with E-state index in [-0.39, 0.29) is 23.7 Å². The number of rotatable bonds is 2. The zero-order chi connectivity index (χ0) is 17.4. The van der Waals surface area contributed by atoms with E-state index in [0.717, 1.165) is 31.2 Å². The summed E-state index contributed by atoms with van der Waals surface area (Å²) in [5.41, 5.74) is 0.195. The Kier molecular flexibility index (Phi) is 4.38. The largest absolute Gasteiger partial charge is 0.389 e. The lowest BCUT2D eigenvalue weighted by Crippen LogP contribution is -2.56. The van der Waals surface area contributed by atoms with Crippen molar-refractivity contribution in [3.8, 4) is 0 Å². The Morgan fingerprint density at radius 2 is 2.00 bits per heavy atom. The van der Waals surface area contributed by atoms with Gasteiger partial charge in [0, 0.05) is 12.5 Å². The van der Waals surface area contributed by atoms with E-state index in [9.17, 15) is 14.3 Å². The molecule has 25 heavy (non-hydrogen) atoms. The van der Waals surface area contributed by atoms with Crippen molar-refractivity contribution < 1.29 is 14.3 Å². The van der Waals surface area contributed by atoms with Crippen molar-refractivity contribution in [1.82, 2.24) is 4.90 Å². The van der Waals surface area contributed by atoms with E-state index in [0.29, 0.717) is 17.8 Å². The second-order valence-corrected chi connectivity index (χ2v) is 8.13. The van der Waals surface area contributed by atoms with Crippen LogP contribution in [0.4, 0.5) is 4.39 Å². The molecule has 1 aliphatic heterocycles. The lowest BCUT2D eigenvalue weighted by molar-refractivity contribution is -0.114. The first-order valence-electron chi connectivity index (χ1n) is 8.91. The van der Waals surface area contributed by atoms with Gasteiger partial charge < -0.3 is 10.0 Å². The van der Waals surface area contributed by atoms with Crippen molar-refractivity contribution in [2.45, 2.75) is 43.7 Å². The highest BCUT2D eigenvalue weighted by Crippen LogP contribution is 2.49. The van der Waals surface area contributed by atoms with Crippen LogP contribution < -0.4 is 0 Å². The van der Waals surface area contributed by atoms with Crippen LogP contribution in [0, 0.1) is 11.7 Å². The molecule has 132 valence electrons. The third-order valence-electron chi connectivity index (χ3n) is 5.77. The van der Waals surface area contributed by atoms with E-state index in [1.54, 1.807) is 12.1 Å². The first kappa shape index (κ1) is 16.7.